The largest absolute Gasteiger partial charge is 0.548 e. The molecule has 0 aliphatic carbocycles. The van der Waals surface area contributed by atoms with Gasteiger partial charge in [0.15, 0.2) is 23.0 Å². The summed E-state index contributed by atoms with van der Waals surface area (Å²) < 4.78 is 19.2. The molecule has 6 heterocycles. The average Bonchev–Trinajstić information content (AvgIpc) is 1.14. The summed E-state index contributed by atoms with van der Waals surface area (Å²) in [5.41, 5.74) is 2.80. The number of hydrogen-bond acceptors (Lipinski definition) is 21. The lowest BCUT2D eigenvalue weighted by Crippen LogP contribution is -2.56. The zero-order chi connectivity index (χ0) is 74.6. The lowest BCUT2D eigenvalue weighted by Gasteiger charge is -2.31. The predicted molar refractivity (Wildman–Crippen MR) is 374 cm³/mol. The lowest BCUT2D eigenvalue weighted by molar-refractivity contribution is -0.890. The number of aliphatic carboxylic acids is 1. The highest BCUT2D eigenvalue weighted by molar-refractivity contribution is 6.32. The molecule has 6 aliphatic rings. The summed E-state index contributed by atoms with van der Waals surface area (Å²) in [4.78, 5) is 106. The van der Waals surface area contributed by atoms with Crippen LogP contribution in [0, 0.1) is 0 Å². The quantitative estimate of drug-likeness (QED) is 0.0348. The van der Waals surface area contributed by atoms with E-state index in [4.69, 9.17) is 43.1 Å². The number of carbonyl (C=O) groups is 7. The summed E-state index contributed by atoms with van der Waals surface area (Å²) in [6, 6.07) is 5.14. The van der Waals surface area contributed by atoms with Crippen molar-refractivity contribution in [2.45, 2.75) is 126 Å². The van der Waals surface area contributed by atoms with Gasteiger partial charge in [0.1, 0.15) is 88.7 Å². The zero-order valence-electron chi connectivity index (χ0n) is 56.6. The average molecular weight is 1470 g/mol. The number of carbonyl (C=O) groups excluding carboxylic acids is 7. The number of benzene rings is 7. The number of phenols is 6. The van der Waals surface area contributed by atoms with Crippen molar-refractivity contribution in [1.82, 2.24) is 37.2 Å². The molecule has 30 heteroatoms. The SMILES string of the molecule is CCCCCCCCCC[N+](C)(C)CCCNCc1c(O)cc2c(c1O)-c1c(O)cccc1C1NC(=O)C3NC(=O)C4NC(=O)C(NC(=O)C(N)c5ccc(O)c(c5)Oc5cc(O)cc4c5)C(O)c4ccc(c(Cl)c4)Oc4cc3cc(c4O)Oc3ccc(cc3Cl)C(O)C(NC1=O)C(=O)NC2C(=O)[O-]. The van der Waals surface area contributed by atoms with Crippen LogP contribution in [0.3, 0.4) is 0 Å². The minimum absolute atomic E-state index is 0.0293. The fourth-order valence-corrected chi connectivity index (χ4v) is 13.7. The van der Waals surface area contributed by atoms with Crippen LogP contribution in [0.5, 0.6) is 69.0 Å². The molecular weight excluding hydrogens is 1390 g/mol. The van der Waals surface area contributed by atoms with Gasteiger partial charge in [-0.05, 0) is 125 Å². The van der Waals surface area contributed by atoms with Gasteiger partial charge < -0.3 is 112 Å². The minimum atomic E-state index is -2.39. The van der Waals surface area contributed by atoms with E-state index in [1.165, 1.54) is 80.6 Å². The van der Waals surface area contributed by atoms with Crippen molar-refractivity contribution in [3.63, 3.8) is 0 Å². The van der Waals surface area contributed by atoms with Gasteiger partial charge in [-0.2, -0.15) is 0 Å². The van der Waals surface area contributed by atoms with E-state index >= 15 is 19.2 Å². The molecule has 0 saturated heterocycles. The summed E-state index contributed by atoms with van der Waals surface area (Å²) in [5, 5.41) is 127. The number of halogens is 2. The van der Waals surface area contributed by atoms with Crippen LogP contribution in [0.1, 0.15) is 152 Å². The molecule has 0 fully saturated rings. The molecule has 28 nitrogen and oxygen atoms in total. The number of unbranched alkanes of at least 4 members (excludes halogenated alkanes) is 7. The van der Waals surface area contributed by atoms with Crippen LogP contribution in [-0.2, 0) is 40.1 Å². The number of hydrogen-bond donors (Lipinski definition) is 16. The Balaban J connectivity index is 1.07. The maximum absolute atomic E-state index is 16.2. The number of carboxylic acids is 1. The van der Waals surface area contributed by atoms with Gasteiger partial charge in [0.25, 0.3) is 0 Å². The van der Waals surface area contributed by atoms with Crippen molar-refractivity contribution in [3.05, 3.63) is 164 Å². The molecule has 104 heavy (non-hydrogen) atoms. The second-order valence-corrected chi connectivity index (χ2v) is 27.6. The third-order valence-corrected chi connectivity index (χ3v) is 19.5. The van der Waals surface area contributed by atoms with E-state index in [0.29, 0.717) is 17.4 Å². The molecule has 6 amide bonds. The van der Waals surface area contributed by atoms with Crippen LogP contribution < -0.4 is 62.3 Å². The maximum Gasteiger partial charge on any atom is 0.248 e. The summed E-state index contributed by atoms with van der Waals surface area (Å²) in [6.45, 7) is 3.91. The van der Waals surface area contributed by atoms with Crippen LogP contribution in [0.4, 0.5) is 0 Å². The number of nitrogens with zero attached hydrogens (tertiary/aromatic N) is 1. The standard InChI is InChI=1S/C74H79Cl2N9O19/c1-4-5-6-7-8-9-10-11-23-85(2,3)24-13-22-78-34-44-49(89)33-43-56(66(44)92)55-42(14-12-15-48(55)88)60-71(97)84-63(73(99)82-61(43)74(100)101)65(91)37-18-21-51(46(76)28-37)104-54-31-39-30-53(67(54)93)103-50-20-17-36(27-45(50)75)64(90)62-72(98)80-58(69(95)79-59(39)70(96)81-60)38-25-40(86)32-41(26-38)102-52-29-35(16-19-47(52)87)57(77)68(94)83-62/h12,14-21,25-33,57-65,78,90-91H,4-11,13,22-24,34,77H2,1-3H3,(H12-,79,80,81,82,83,84,86,87,88,89,92,93,94,95,96,97,98,99,100,101). The minimum Gasteiger partial charge on any atom is -0.548 e. The Bertz CT molecular complexity index is 4520. The first-order valence-corrected chi connectivity index (χ1v) is 34.6. The number of rotatable bonds is 16. The van der Waals surface area contributed by atoms with Crippen LogP contribution in [0.15, 0.2) is 109 Å². The van der Waals surface area contributed by atoms with Gasteiger partial charge in [-0.25, -0.2) is 0 Å². The van der Waals surface area contributed by atoms with Crippen molar-refractivity contribution in [2.75, 3.05) is 33.7 Å². The maximum atomic E-state index is 16.2. The first-order chi connectivity index (χ1) is 49.6. The predicted octanol–water partition coefficient (Wildman–Crippen LogP) is 6.84. The van der Waals surface area contributed by atoms with Gasteiger partial charge in [0.05, 0.1) is 54.8 Å². The number of nitrogens with two attached hydrogens (primary N) is 1. The van der Waals surface area contributed by atoms with Gasteiger partial charge >= 0.3 is 0 Å². The second kappa shape index (κ2) is 31.6. The van der Waals surface area contributed by atoms with Crippen LogP contribution >= 0.6 is 23.2 Å². The van der Waals surface area contributed by atoms with Crippen molar-refractivity contribution < 1.29 is 98.2 Å². The summed E-state index contributed by atoms with van der Waals surface area (Å²) in [6.07, 6.45) is 5.72. The van der Waals surface area contributed by atoms with Crippen molar-refractivity contribution in [1.29, 1.82) is 0 Å². The fraction of sp³-hybridized carbons (Fsp3) is 0.338. The Kier molecular flexibility index (Phi) is 22.6. The molecule has 0 radical (unpaired) electrons. The topological polar surface area (TPSA) is 442 Å². The van der Waals surface area contributed by atoms with Crippen LogP contribution in [0.25, 0.3) is 11.1 Å². The molecule has 15 bridgehead atoms. The number of aliphatic hydroxyl groups excluding tert-OH is 2. The first-order valence-electron chi connectivity index (χ1n) is 33.8. The molecule has 17 N–H and O–H groups in total. The normalized spacial score (nSPS) is 21.1. The van der Waals surface area contributed by atoms with E-state index in [9.17, 15) is 60.3 Å². The zero-order valence-corrected chi connectivity index (χ0v) is 58.1. The lowest BCUT2D eigenvalue weighted by atomic mass is 9.86. The highest BCUT2D eigenvalue weighted by Crippen LogP contribution is 2.51. The van der Waals surface area contributed by atoms with Crippen molar-refractivity contribution >= 4 is 64.6 Å². The number of ether oxygens (including phenoxy) is 3. The highest BCUT2D eigenvalue weighted by atomic mass is 35.5. The molecule has 548 valence electrons. The number of quaternary nitrogens is 1. The third-order valence-electron chi connectivity index (χ3n) is 18.9. The monoisotopic (exact) mass is 1470 g/mol. The smallest absolute Gasteiger partial charge is 0.248 e. The number of phenolic OH excluding ortho intramolecular Hbond substituents is 6. The molecule has 7 aromatic carbocycles. The molecule has 9 atom stereocenters. The van der Waals surface area contributed by atoms with E-state index in [2.05, 4.69) is 58.2 Å². The highest BCUT2D eigenvalue weighted by Gasteiger charge is 2.43. The molecule has 7 aromatic rings. The van der Waals surface area contributed by atoms with Gasteiger partial charge in [-0.3, -0.25) is 28.8 Å². The number of aromatic hydroxyl groups is 6. The van der Waals surface area contributed by atoms with Crippen molar-refractivity contribution in [2.24, 2.45) is 5.73 Å². The Morgan fingerprint density at radius 2 is 1.05 bits per heavy atom. The van der Waals surface area contributed by atoms with E-state index in [0.717, 1.165) is 93.0 Å². The molecular formula is C74H79Cl2N9O19. The molecule has 0 aromatic heterocycles. The molecule has 13 rings (SSSR count). The Labute approximate surface area is 606 Å². The Morgan fingerprint density at radius 1 is 0.510 bits per heavy atom. The van der Waals surface area contributed by atoms with Gasteiger partial charge in [-0.15, -0.1) is 0 Å². The molecule has 9 unspecified atom stereocenters. The van der Waals surface area contributed by atoms with Crippen LogP contribution in [-0.4, -0.2) is 133 Å². The number of amides is 6. The third kappa shape index (κ3) is 16.3. The molecule has 0 spiro atoms. The Hall–Kier alpha value is -10.6. The van der Waals surface area contributed by atoms with Crippen molar-refractivity contribution in [3.8, 4) is 80.1 Å². The van der Waals surface area contributed by atoms with E-state index in [1.807, 2.05) is 0 Å². The summed E-state index contributed by atoms with van der Waals surface area (Å²) >= 11 is 13.8. The van der Waals surface area contributed by atoms with E-state index < -0.39 is 170 Å². The van der Waals surface area contributed by atoms with Crippen LogP contribution in [0.2, 0.25) is 10.0 Å². The van der Waals surface area contributed by atoms with E-state index in [1.54, 1.807) is 0 Å². The molecule has 6 aliphatic heterocycles. The van der Waals surface area contributed by atoms with Gasteiger partial charge in [0, 0.05) is 36.7 Å². The number of nitrogens with one attached hydrogen (secondary N) is 7. The Morgan fingerprint density at radius 3 is 1.66 bits per heavy atom. The first kappa shape index (κ1) is 74.6. The second-order valence-electron chi connectivity index (χ2n) is 26.8. The number of aliphatic hydroxyl groups is 2. The van der Waals surface area contributed by atoms with E-state index in [-0.39, 0.29) is 67.4 Å². The number of carboxylic acid groups (broad SMARTS) is 1. The van der Waals surface area contributed by atoms with Gasteiger partial charge in [0.2, 0.25) is 41.2 Å². The van der Waals surface area contributed by atoms with Gasteiger partial charge in [-0.1, -0.05) is 99.0 Å². The fourth-order valence-electron chi connectivity index (χ4n) is 13.2. The summed E-state index contributed by atoms with van der Waals surface area (Å²) in [7, 11) is 4.25. The summed E-state index contributed by atoms with van der Waals surface area (Å²) in [5.74, 6) is -16.8. The number of fused-ring (bicyclic) bond motifs is 13. The molecule has 0 saturated carbocycles.